The molecule has 0 amide bonds. The van der Waals surface area contributed by atoms with Crippen molar-refractivity contribution in [1.29, 1.82) is 0 Å². The van der Waals surface area contributed by atoms with Gasteiger partial charge in [-0.05, 0) is 31.5 Å². The number of benzene rings is 1. The van der Waals surface area contributed by atoms with Crippen molar-refractivity contribution in [1.82, 2.24) is 9.88 Å². The Hall–Kier alpha value is -1.89. The molecular formula is C19H24ClN3O3. The van der Waals surface area contributed by atoms with Gasteiger partial charge in [0.05, 0.1) is 31.0 Å². The number of esters is 1. The van der Waals surface area contributed by atoms with Gasteiger partial charge in [-0.1, -0.05) is 11.6 Å². The normalized spacial score (nSPS) is 15.2. The molecule has 1 aromatic heterocycles. The molecule has 1 aliphatic rings. The van der Waals surface area contributed by atoms with E-state index in [1.807, 2.05) is 19.1 Å². The zero-order valence-electron chi connectivity index (χ0n) is 15.2. The Balaban J connectivity index is 1.90. The van der Waals surface area contributed by atoms with Crippen LogP contribution in [0.15, 0.2) is 18.3 Å². The van der Waals surface area contributed by atoms with Crippen LogP contribution in [0.1, 0.15) is 22.8 Å². The lowest BCUT2D eigenvalue weighted by Gasteiger charge is -2.27. The van der Waals surface area contributed by atoms with Crippen LogP contribution >= 0.6 is 11.6 Å². The number of nitrogens with zero attached hydrogens (tertiary/aromatic N) is 2. The molecule has 6 nitrogen and oxygen atoms in total. The zero-order valence-corrected chi connectivity index (χ0v) is 15.9. The fourth-order valence-corrected chi connectivity index (χ4v) is 3.43. The predicted octanol–water partition coefficient (Wildman–Crippen LogP) is 3.12. The molecule has 1 saturated heterocycles. The summed E-state index contributed by atoms with van der Waals surface area (Å²) in [6, 6.07) is 3.72. The maximum absolute atomic E-state index is 12.4. The number of ether oxygens (including phenoxy) is 2. The molecule has 1 N–H and O–H groups in total. The summed E-state index contributed by atoms with van der Waals surface area (Å²) < 4.78 is 10.6. The summed E-state index contributed by atoms with van der Waals surface area (Å²) in [7, 11) is 0. The number of carbonyl (C=O) groups is 1. The highest BCUT2D eigenvalue weighted by Gasteiger charge is 2.18. The molecule has 3 rings (SSSR count). The van der Waals surface area contributed by atoms with E-state index in [-0.39, 0.29) is 5.97 Å². The van der Waals surface area contributed by atoms with Gasteiger partial charge in [0.1, 0.15) is 5.56 Å². The van der Waals surface area contributed by atoms with Crippen molar-refractivity contribution < 1.29 is 14.3 Å². The topological polar surface area (TPSA) is 63.7 Å². The lowest BCUT2D eigenvalue weighted by Crippen LogP contribution is -2.39. The van der Waals surface area contributed by atoms with Crippen LogP contribution in [0.25, 0.3) is 10.9 Å². The van der Waals surface area contributed by atoms with Crippen LogP contribution in [0, 0.1) is 6.92 Å². The average Bonchev–Trinajstić information content (AvgIpc) is 2.63. The highest BCUT2D eigenvalue weighted by Crippen LogP contribution is 2.31. The Morgan fingerprint density at radius 2 is 2.15 bits per heavy atom. The van der Waals surface area contributed by atoms with Gasteiger partial charge < -0.3 is 14.8 Å². The predicted molar refractivity (Wildman–Crippen MR) is 103 cm³/mol. The molecule has 0 bridgehead atoms. The van der Waals surface area contributed by atoms with E-state index in [0.717, 1.165) is 55.0 Å². The smallest absolute Gasteiger partial charge is 0.341 e. The molecule has 1 aliphatic heterocycles. The van der Waals surface area contributed by atoms with Crippen LogP contribution < -0.4 is 5.32 Å². The van der Waals surface area contributed by atoms with Gasteiger partial charge in [0.15, 0.2) is 0 Å². The van der Waals surface area contributed by atoms with Gasteiger partial charge >= 0.3 is 5.97 Å². The van der Waals surface area contributed by atoms with Crippen molar-refractivity contribution in [2.45, 2.75) is 13.8 Å². The van der Waals surface area contributed by atoms with Gasteiger partial charge in [0, 0.05) is 42.8 Å². The molecule has 0 aliphatic carbocycles. The summed E-state index contributed by atoms with van der Waals surface area (Å²) in [5.41, 5.74) is 2.96. The van der Waals surface area contributed by atoms with Crippen LogP contribution in [0.2, 0.25) is 5.02 Å². The SMILES string of the molecule is CCOC(=O)c1cnc2c(C)cc(Cl)cc2c1NCCN1CCOCC1. The van der Waals surface area contributed by atoms with Crippen LogP contribution in [-0.4, -0.2) is 61.9 Å². The van der Waals surface area contributed by atoms with Crippen molar-refractivity contribution >= 4 is 34.2 Å². The van der Waals surface area contributed by atoms with E-state index in [1.165, 1.54) is 0 Å². The van der Waals surface area contributed by atoms with E-state index < -0.39 is 0 Å². The lowest BCUT2D eigenvalue weighted by molar-refractivity contribution is 0.0398. The molecule has 2 aromatic rings. The molecule has 140 valence electrons. The summed E-state index contributed by atoms with van der Waals surface area (Å²) in [5, 5.41) is 4.87. The number of hydrogen-bond donors (Lipinski definition) is 1. The van der Waals surface area contributed by atoms with Crippen molar-refractivity contribution in [3.63, 3.8) is 0 Å². The van der Waals surface area contributed by atoms with Gasteiger partial charge in [0.2, 0.25) is 0 Å². The second-order valence-electron chi connectivity index (χ2n) is 6.27. The molecular weight excluding hydrogens is 354 g/mol. The van der Waals surface area contributed by atoms with Crippen LogP contribution in [0.5, 0.6) is 0 Å². The third-order valence-electron chi connectivity index (χ3n) is 4.46. The number of nitrogens with one attached hydrogen (secondary N) is 1. The van der Waals surface area contributed by atoms with Crippen LogP contribution in [-0.2, 0) is 9.47 Å². The number of pyridine rings is 1. The second-order valence-corrected chi connectivity index (χ2v) is 6.70. The number of rotatable bonds is 6. The third-order valence-corrected chi connectivity index (χ3v) is 4.67. The second kappa shape index (κ2) is 8.66. The first-order chi connectivity index (χ1) is 12.6. The molecule has 1 aromatic carbocycles. The fraction of sp³-hybridized carbons (Fsp3) is 0.474. The third kappa shape index (κ3) is 4.26. The van der Waals surface area contributed by atoms with Gasteiger partial charge in [-0.3, -0.25) is 9.88 Å². The van der Waals surface area contributed by atoms with Gasteiger partial charge in [-0.15, -0.1) is 0 Å². The molecule has 0 spiro atoms. The number of carbonyl (C=O) groups excluding carboxylic acids is 1. The number of halogens is 1. The summed E-state index contributed by atoms with van der Waals surface area (Å²) in [6.45, 7) is 9.03. The minimum atomic E-state index is -0.381. The zero-order chi connectivity index (χ0) is 18.5. The Morgan fingerprint density at radius 1 is 1.38 bits per heavy atom. The standard InChI is InChI=1S/C19H24ClN3O3/c1-3-26-19(24)16-12-22-17-13(2)10-14(20)11-15(17)18(16)21-4-5-23-6-8-25-9-7-23/h10-12H,3-9H2,1-2H3,(H,21,22). The number of aromatic nitrogens is 1. The highest BCUT2D eigenvalue weighted by molar-refractivity contribution is 6.31. The number of hydrogen-bond acceptors (Lipinski definition) is 6. The Morgan fingerprint density at radius 3 is 2.88 bits per heavy atom. The Kier molecular flexibility index (Phi) is 6.29. The van der Waals surface area contributed by atoms with Crippen molar-refractivity contribution in [2.75, 3.05) is 51.3 Å². The largest absolute Gasteiger partial charge is 0.462 e. The van der Waals surface area contributed by atoms with Crippen LogP contribution in [0.4, 0.5) is 5.69 Å². The average molecular weight is 378 g/mol. The van der Waals surface area contributed by atoms with E-state index in [0.29, 0.717) is 23.7 Å². The summed E-state index contributed by atoms with van der Waals surface area (Å²) in [4.78, 5) is 19.2. The van der Waals surface area contributed by atoms with Gasteiger partial charge in [0.25, 0.3) is 0 Å². The van der Waals surface area contributed by atoms with Crippen molar-refractivity contribution in [3.05, 3.63) is 34.5 Å². The molecule has 0 radical (unpaired) electrons. The molecule has 0 atom stereocenters. The van der Waals surface area contributed by atoms with E-state index in [9.17, 15) is 4.79 Å². The number of fused-ring (bicyclic) bond motifs is 1. The summed E-state index contributed by atoms with van der Waals surface area (Å²) in [6.07, 6.45) is 1.58. The minimum absolute atomic E-state index is 0.318. The quantitative estimate of drug-likeness (QED) is 0.780. The monoisotopic (exact) mass is 377 g/mol. The van der Waals surface area contributed by atoms with Gasteiger partial charge in [-0.2, -0.15) is 0 Å². The minimum Gasteiger partial charge on any atom is -0.462 e. The lowest BCUT2D eigenvalue weighted by atomic mass is 10.1. The van der Waals surface area contributed by atoms with E-state index >= 15 is 0 Å². The number of aryl methyl sites for hydroxylation is 1. The number of morpholine rings is 1. The fourth-order valence-electron chi connectivity index (χ4n) is 3.15. The molecule has 2 heterocycles. The molecule has 7 heteroatoms. The maximum Gasteiger partial charge on any atom is 0.341 e. The van der Waals surface area contributed by atoms with Gasteiger partial charge in [-0.25, -0.2) is 4.79 Å². The molecule has 0 saturated carbocycles. The Bertz CT molecular complexity index is 791. The highest BCUT2D eigenvalue weighted by atomic mass is 35.5. The molecule has 1 fully saturated rings. The number of anilines is 1. The first-order valence-corrected chi connectivity index (χ1v) is 9.28. The van der Waals surface area contributed by atoms with E-state index in [2.05, 4.69) is 15.2 Å². The van der Waals surface area contributed by atoms with E-state index in [4.69, 9.17) is 21.1 Å². The summed E-state index contributed by atoms with van der Waals surface area (Å²) >= 11 is 6.25. The first kappa shape index (κ1) is 18.9. The van der Waals surface area contributed by atoms with Crippen molar-refractivity contribution in [2.24, 2.45) is 0 Å². The van der Waals surface area contributed by atoms with Crippen molar-refractivity contribution in [3.8, 4) is 0 Å². The molecule has 0 unspecified atom stereocenters. The first-order valence-electron chi connectivity index (χ1n) is 8.90. The maximum atomic E-state index is 12.4. The van der Waals surface area contributed by atoms with E-state index in [1.54, 1.807) is 13.1 Å². The molecule has 26 heavy (non-hydrogen) atoms. The summed E-state index contributed by atoms with van der Waals surface area (Å²) in [5.74, 6) is -0.381. The Labute approximate surface area is 158 Å². The van der Waals surface area contributed by atoms with Crippen LogP contribution in [0.3, 0.4) is 0 Å².